The Morgan fingerprint density at radius 3 is 2.53 bits per heavy atom. The van der Waals surface area contributed by atoms with Crippen molar-refractivity contribution in [2.24, 2.45) is 0 Å². The molecule has 0 unspecified atom stereocenters. The topological polar surface area (TPSA) is 60.5 Å². The molecule has 1 aromatic heterocycles. The number of hydrogen-bond acceptors (Lipinski definition) is 4. The smallest absolute Gasteiger partial charge is 0.258 e. The van der Waals surface area contributed by atoms with Gasteiger partial charge in [-0.3, -0.25) is 9.69 Å². The van der Waals surface area contributed by atoms with E-state index in [-0.39, 0.29) is 11.1 Å². The average molecular weight is 282 g/mol. The van der Waals surface area contributed by atoms with Gasteiger partial charge in [-0.2, -0.15) is 5.26 Å². The summed E-state index contributed by atoms with van der Waals surface area (Å²) in [5.41, 5.74) is -0.0998. The maximum Gasteiger partial charge on any atom is 0.258 e. The van der Waals surface area contributed by atoms with Gasteiger partial charge in [0, 0.05) is 26.2 Å². The number of carbonyl (C=O) groups is 1. The summed E-state index contributed by atoms with van der Waals surface area (Å²) in [7, 11) is 0. The molecule has 0 bridgehead atoms. The van der Waals surface area contributed by atoms with Gasteiger partial charge in [0.15, 0.2) is 0 Å². The molecule has 1 fully saturated rings. The first-order chi connectivity index (χ1) is 8.95. The minimum Gasteiger partial charge on any atom is -0.452 e. The summed E-state index contributed by atoms with van der Waals surface area (Å²) in [6.45, 7) is 6.31. The quantitative estimate of drug-likeness (QED) is 0.832. The number of piperazine rings is 1. The largest absolute Gasteiger partial charge is 0.452 e. The second-order valence-corrected chi connectivity index (χ2v) is 5.40. The lowest BCUT2D eigenvalue weighted by molar-refractivity contribution is 0.0520. The monoisotopic (exact) mass is 281 g/mol. The van der Waals surface area contributed by atoms with E-state index in [0.29, 0.717) is 31.7 Å². The molecule has 19 heavy (non-hydrogen) atoms. The maximum absolute atomic E-state index is 12.2. The zero-order chi connectivity index (χ0) is 14.0. The van der Waals surface area contributed by atoms with Gasteiger partial charge in [0.25, 0.3) is 5.91 Å². The molecule has 0 N–H and O–H groups in total. The van der Waals surface area contributed by atoms with Crippen LogP contribution in [-0.2, 0) is 0 Å². The van der Waals surface area contributed by atoms with Crippen LogP contribution < -0.4 is 0 Å². The molecule has 6 heteroatoms. The minimum atomic E-state index is -0.498. The molecule has 1 amide bonds. The van der Waals surface area contributed by atoms with Crippen molar-refractivity contribution in [1.29, 1.82) is 5.26 Å². The Kier molecular flexibility index (Phi) is 3.83. The molecular weight excluding hydrogens is 266 g/mol. The van der Waals surface area contributed by atoms with Crippen molar-refractivity contribution in [3.63, 3.8) is 0 Å². The maximum atomic E-state index is 12.2. The fraction of sp³-hybridized carbons (Fsp3) is 0.538. The van der Waals surface area contributed by atoms with E-state index in [9.17, 15) is 4.79 Å². The highest BCUT2D eigenvalue weighted by atomic mass is 35.5. The van der Waals surface area contributed by atoms with E-state index >= 15 is 0 Å². The van der Waals surface area contributed by atoms with Crippen LogP contribution in [0.3, 0.4) is 0 Å². The summed E-state index contributed by atoms with van der Waals surface area (Å²) in [5, 5.41) is 9.24. The molecule has 2 heterocycles. The van der Waals surface area contributed by atoms with Crippen molar-refractivity contribution < 1.29 is 9.21 Å². The van der Waals surface area contributed by atoms with Crippen LogP contribution in [0.4, 0.5) is 0 Å². The van der Waals surface area contributed by atoms with Crippen LogP contribution in [0.1, 0.15) is 24.2 Å². The number of hydrogen-bond donors (Lipinski definition) is 0. The van der Waals surface area contributed by atoms with Crippen molar-refractivity contribution in [2.75, 3.05) is 26.2 Å². The molecule has 0 saturated carbocycles. The third kappa shape index (κ3) is 2.75. The van der Waals surface area contributed by atoms with Gasteiger partial charge >= 0.3 is 0 Å². The molecule has 0 aliphatic carbocycles. The molecule has 0 aromatic carbocycles. The minimum absolute atomic E-state index is 0.117. The van der Waals surface area contributed by atoms with Gasteiger partial charge in [-0.25, -0.2) is 0 Å². The van der Waals surface area contributed by atoms with E-state index in [1.165, 1.54) is 6.26 Å². The zero-order valence-corrected chi connectivity index (χ0v) is 11.8. The third-order valence-corrected chi connectivity index (χ3v) is 3.77. The summed E-state index contributed by atoms with van der Waals surface area (Å²) < 4.78 is 4.93. The highest BCUT2D eigenvalue weighted by molar-refractivity contribution is 6.32. The number of amides is 1. The highest BCUT2D eigenvalue weighted by Gasteiger charge is 2.32. The molecule has 102 valence electrons. The lowest BCUT2D eigenvalue weighted by Gasteiger charge is -2.40. The summed E-state index contributed by atoms with van der Waals surface area (Å²) in [6, 6.07) is 3.86. The van der Waals surface area contributed by atoms with Crippen molar-refractivity contribution in [3.05, 3.63) is 23.1 Å². The predicted molar refractivity (Wildman–Crippen MR) is 70.9 cm³/mol. The molecule has 2 rings (SSSR count). The van der Waals surface area contributed by atoms with Gasteiger partial charge in [0.2, 0.25) is 5.22 Å². The predicted octanol–water partition coefficient (Wildman–Crippen LogP) is 1.99. The van der Waals surface area contributed by atoms with Crippen LogP contribution in [0.2, 0.25) is 5.22 Å². The number of carbonyl (C=O) groups excluding carboxylic acids is 1. The Morgan fingerprint density at radius 1 is 1.42 bits per heavy atom. The molecule has 1 aliphatic heterocycles. The number of furan rings is 1. The number of nitriles is 1. The summed E-state index contributed by atoms with van der Waals surface area (Å²) in [4.78, 5) is 16.0. The Morgan fingerprint density at radius 2 is 2.05 bits per heavy atom. The van der Waals surface area contributed by atoms with Crippen molar-refractivity contribution in [2.45, 2.75) is 19.4 Å². The Labute approximate surface area is 117 Å². The lowest BCUT2D eigenvalue weighted by Crippen LogP contribution is -2.55. The summed E-state index contributed by atoms with van der Waals surface area (Å²) in [5.74, 6) is -0.117. The second kappa shape index (κ2) is 5.24. The van der Waals surface area contributed by atoms with E-state index in [1.54, 1.807) is 11.0 Å². The van der Waals surface area contributed by atoms with E-state index in [0.717, 1.165) is 0 Å². The van der Waals surface area contributed by atoms with Gasteiger partial charge in [0.05, 0.1) is 17.9 Å². The van der Waals surface area contributed by atoms with Gasteiger partial charge in [-0.05, 0) is 31.5 Å². The molecule has 0 spiro atoms. The van der Waals surface area contributed by atoms with Crippen LogP contribution in [0, 0.1) is 11.3 Å². The average Bonchev–Trinajstić information content (AvgIpc) is 2.84. The van der Waals surface area contributed by atoms with E-state index < -0.39 is 5.54 Å². The van der Waals surface area contributed by atoms with Gasteiger partial charge in [-0.15, -0.1) is 0 Å². The van der Waals surface area contributed by atoms with Crippen molar-refractivity contribution in [3.8, 4) is 6.07 Å². The van der Waals surface area contributed by atoms with Crippen LogP contribution >= 0.6 is 11.6 Å². The van der Waals surface area contributed by atoms with Crippen LogP contribution in [0.25, 0.3) is 0 Å². The molecular formula is C13H16ClN3O2. The van der Waals surface area contributed by atoms with Crippen molar-refractivity contribution in [1.82, 2.24) is 9.80 Å². The molecule has 0 radical (unpaired) electrons. The lowest BCUT2D eigenvalue weighted by atomic mass is 10.0. The molecule has 1 aromatic rings. The normalized spacial score (nSPS) is 17.3. The molecule has 1 aliphatic rings. The fourth-order valence-corrected chi connectivity index (χ4v) is 2.35. The zero-order valence-electron chi connectivity index (χ0n) is 11.0. The Hall–Kier alpha value is -1.51. The summed E-state index contributed by atoms with van der Waals surface area (Å²) in [6.07, 6.45) is 1.41. The van der Waals surface area contributed by atoms with E-state index in [4.69, 9.17) is 21.3 Å². The van der Waals surface area contributed by atoms with Crippen molar-refractivity contribution >= 4 is 17.5 Å². The standard InChI is InChI=1S/C13H16ClN3O2/c1-13(2,9-15)17-6-4-16(5-7-17)12(18)10-3-8-19-11(10)14/h3,8H,4-7H2,1-2H3. The van der Waals surface area contributed by atoms with Gasteiger partial charge in [0.1, 0.15) is 5.54 Å². The van der Waals surface area contributed by atoms with E-state index in [1.807, 2.05) is 13.8 Å². The molecule has 5 nitrogen and oxygen atoms in total. The van der Waals surface area contributed by atoms with E-state index in [2.05, 4.69) is 11.0 Å². The first-order valence-electron chi connectivity index (χ1n) is 6.14. The van der Waals surface area contributed by atoms with Gasteiger partial charge < -0.3 is 9.32 Å². The number of rotatable bonds is 2. The fourth-order valence-electron chi connectivity index (χ4n) is 2.16. The van der Waals surface area contributed by atoms with Crippen LogP contribution in [0.15, 0.2) is 16.7 Å². The SMILES string of the molecule is CC(C)(C#N)N1CCN(C(=O)c2ccoc2Cl)CC1. The summed E-state index contributed by atoms with van der Waals surface area (Å²) >= 11 is 5.81. The molecule has 1 saturated heterocycles. The number of nitrogens with zero attached hydrogens (tertiary/aromatic N) is 3. The number of halogens is 1. The van der Waals surface area contributed by atoms with Crippen LogP contribution in [-0.4, -0.2) is 47.4 Å². The third-order valence-electron chi connectivity index (χ3n) is 3.48. The Balaban J connectivity index is 2.00. The molecule has 0 atom stereocenters. The van der Waals surface area contributed by atoms with Gasteiger partial charge in [-0.1, -0.05) is 0 Å². The first-order valence-corrected chi connectivity index (χ1v) is 6.52. The van der Waals surface area contributed by atoms with Crippen LogP contribution in [0.5, 0.6) is 0 Å². The first kappa shape index (κ1) is 13.9. The second-order valence-electron chi connectivity index (χ2n) is 5.06. The Bertz CT molecular complexity index is 510. The highest BCUT2D eigenvalue weighted by Crippen LogP contribution is 2.21.